The minimum Gasteiger partial charge on any atom is -0.377 e. The summed E-state index contributed by atoms with van der Waals surface area (Å²) in [6.45, 7) is 3.60. The van der Waals surface area contributed by atoms with E-state index in [0.717, 1.165) is 18.2 Å². The zero-order chi connectivity index (χ0) is 20.4. The van der Waals surface area contributed by atoms with Crippen molar-refractivity contribution in [3.8, 4) is 0 Å². The molecule has 0 unspecified atom stereocenters. The van der Waals surface area contributed by atoms with Crippen molar-refractivity contribution in [1.82, 2.24) is 24.0 Å². The van der Waals surface area contributed by atoms with Gasteiger partial charge in [0, 0.05) is 49.4 Å². The molecule has 158 valence electrons. The summed E-state index contributed by atoms with van der Waals surface area (Å²) in [4.78, 5) is 23.2. The topological polar surface area (TPSA) is 129 Å². The van der Waals surface area contributed by atoms with Crippen molar-refractivity contribution in [2.75, 3.05) is 31.6 Å². The van der Waals surface area contributed by atoms with Crippen LogP contribution < -0.4 is 15.6 Å². The lowest BCUT2D eigenvalue weighted by molar-refractivity contribution is 0.114. The van der Waals surface area contributed by atoms with Gasteiger partial charge in [-0.3, -0.25) is 4.79 Å². The van der Waals surface area contributed by atoms with Gasteiger partial charge in [-0.05, 0) is 38.7 Å². The first kappa shape index (κ1) is 20.2. The van der Waals surface area contributed by atoms with E-state index >= 15 is 0 Å². The molecule has 11 heteroatoms. The third-order valence-corrected chi connectivity index (χ3v) is 7.00. The first-order valence-corrected chi connectivity index (χ1v) is 11.3. The van der Waals surface area contributed by atoms with Gasteiger partial charge in [-0.2, -0.15) is 22.4 Å². The molecule has 10 nitrogen and oxygen atoms in total. The number of aromatic amines is 1. The lowest BCUT2D eigenvalue weighted by Crippen LogP contribution is -2.48. The number of nitrogens with zero attached hydrogens (tertiary/aromatic N) is 3. The number of hydrogen-bond acceptors (Lipinski definition) is 7. The van der Waals surface area contributed by atoms with Crippen molar-refractivity contribution in [2.45, 2.75) is 44.8 Å². The van der Waals surface area contributed by atoms with Crippen LogP contribution in [0.15, 0.2) is 17.1 Å². The molecule has 4 heterocycles. The van der Waals surface area contributed by atoms with Crippen LogP contribution in [0.1, 0.15) is 31.2 Å². The van der Waals surface area contributed by atoms with Crippen molar-refractivity contribution in [1.29, 1.82) is 0 Å². The molecule has 0 spiro atoms. The van der Waals surface area contributed by atoms with E-state index in [4.69, 9.17) is 4.74 Å². The molecule has 0 aliphatic carbocycles. The molecular weight excluding hydrogens is 396 g/mol. The Morgan fingerprint density at radius 3 is 2.83 bits per heavy atom. The van der Waals surface area contributed by atoms with E-state index in [1.807, 2.05) is 0 Å². The average molecular weight is 423 g/mol. The quantitative estimate of drug-likeness (QED) is 0.619. The minimum atomic E-state index is -3.50. The van der Waals surface area contributed by atoms with Gasteiger partial charge in [0.2, 0.25) is 5.95 Å². The Morgan fingerprint density at radius 1 is 1.31 bits per heavy atom. The number of pyridine rings is 1. The molecule has 4 rings (SSSR count). The summed E-state index contributed by atoms with van der Waals surface area (Å²) in [6, 6.07) is 1.82. The van der Waals surface area contributed by atoms with E-state index in [0.29, 0.717) is 56.2 Å². The van der Waals surface area contributed by atoms with Gasteiger partial charge in [-0.25, -0.2) is 4.98 Å². The number of fused-ring (bicyclic) bond motifs is 1. The van der Waals surface area contributed by atoms with Crippen LogP contribution in [0.3, 0.4) is 0 Å². The first-order chi connectivity index (χ1) is 13.9. The molecule has 2 saturated heterocycles. The zero-order valence-electron chi connectivity index (χ0n) is 16.3. The Morgan fingerprint density at radius 2 is 2.10 bits per heavy atom. The van der Waals surface area contributed by atoms with Crippen molar-refractivity contribution in [2.24, 2.45) is 0 Å². The molecule has 0 amide bonds. The van der Waals surface area contributed by atoms with Crippen LogP contribution in [0.25, 0.3) is 11.0 Å². The summed E-state index contributed by atoms with van der Waals surface area (Å²) in [5.41, 5.74) is 0.927. The van der Waals surface area contributed by atoms with Gasteiger partial charge in [-0.15, -0.1) is 0 Å². The molecule has 0 aromatic carbocycles. The maximum atomic E-state index is 12.5. The normalized spacial score (nSPS) is 21.6. The van der Waals surface area contributed by atoms with Gasteiger partial charge < -0.3 is 15.0 Å². The van der Waals surface area contributed by atoms with Crippen LogP contribution in [0.4, 0.5) is 5.95 Å². The summed E-state index contributed by atoms with van der Waals surface area (Å²) < 4.78 is 34.6. The van der Waals surface area contributed by atoms with Gasteiger partial charge in [-0.1, -0.05) is 0 Å². The van der Waals surface area contributed by atoms with Crippen molar-refractivity contribution in [3.05, 3.63) is 28.2 Å². The van der Waals surface area contributed by atoms with E-state index < -0.39 is 10.2 Å². The number of aromatic nitrogens is 3. The van der Waals surface area contributed by atoms with E-state index in [9.17, 15) is 13.2 Å². The maximum Gasteiger partial charge on any atom is 0.279 e. The highest BCUT2D eigenvalue weighted by Gasteiger charge is 2.29. The number of ether oxygens (including phenoxy) is 1. The summed E-state index contributed by atoms with van der Waals surface area (Å²) in [7, 11) is -3.50. The summed E-state index contributed by atoms with van der Waals surface area (Å²) in [5.74, 6) is 0.426. The van der Waals surface area contributed by atoms with E-state index in [-0.39, 0.29) is 17.7 Å². The fraction of sp³-hybridized carbons (Fsp3) is 0.611. The summed E-state index contributed by atoms with van der Waals surface area (Å²) in [6.07, 6.45) is 4.81. The highest BCUT2D eigenvalue weighted by Crippen LogP contribution is 2.18. The lowest BCUT2D eigenvalue weighted by Gasteiger charge is -2.31. The second-order valence-electron chi connectivity index (χ2n) is 7.59. The molecule has 2 aromatic heterocycles. The minimum absolute atomic E-state index is 0.0238. The standard InChI is InChI=1S/C18H26N6O4S/c1-12-9-13-10-19-18(23-16(13)22-17(12)25)21-14-4-6-24(7-5-14)29(26,27)20-11-15-3-2-8-28-15/h9-10,14-15,20H,2-8,11H2,1H3,(H2,19,21,22,23,25)/t15-/m1/s1. The van der Waals surface area contributed by atoms with Gasteiger partial charge in [0.1, 0.15) is 5.65 Å². The molecule has 2 aliphatic rings. The van der Waals surface area contributed by atoms with E-state index in [2.05, 4.69) is 25.0 Å². The summed E-state index contributed by atoms with van der Waals surface area (Å²) in [5, 5.41) is 4.02. The third kappa shape index (κ3) is 4.74. The second kappa shape index (κ2) is 8.34. The monoisotopic (exact) mass is 422 g/mol. The molecule has 0 bridgehead atoms. The Hall–Kier alpha value is -2.08. The predicted molar refractivity (Wildman–Crippen MR) is 109 cm³/mol. The molecule has 0 saturated carbocycles. The van der Waals surface area contributed by atoms with Crippen molar-refractivity contribution >= 4 is 27.2 Å². The first-order valence-electron chi connectivity index (χ1n) is 9.90. The zero-order valence-corrected chi connectivity index (χ0v) is 17.2. The highest BCUT2D eigenvalue weighted by atomic mass is 32.2. The van der Waals surface area contributed by atoms with E-state index in [1.54, 1.807) is 19.2 Å². The SMILES string of the molecule is Cc1cc2cnc(NC3CCN(S(=O)(=O)NC[C@H]4CCCO4)CC3)nc2[nH]c1=O. The van der Waals surface area contributed by atoms with Crippen molar-refractivity contribution < 1.29 is 13.2 Å². The Kier molecular flexibility index (Phi) is 5.81. The van der Waals surface area contributed by atoms with Gasteiger partial charge in [0.25, 0.3) is 15.8 Å². The number of hydrogen-bond donors (Lipinski definition) is 3. The van der Waals surface area contributed by atoms with Crippen LogP contribution in [-0.2, 0) is 14.9 Å². The molecular formula is C18H26N6O4S. The molecule has 2 aromatic rings. The van der Waals surface area contributed by atoms with Crippen LogP contribution in [0, 0.1) is 6.92 Å². The van der Waals surface area contributed by atoms with Gasteiger partial charge in [0.05, 0.1) is 6.10 Å². The fourth-order valence-corrected chi connectivity index (χ4v) is 4.96. The van der Waals surface area contributed by atoms with Crippen LogP contribution in [0.2, 0.25) is 0 Å². The number of nitrogens with one attached hydrogen (secondary N) is 3. The lowest BCUT2D eigenvalue weighted by atomic mass is 10.1. The summed E-state index contributed by atoms with van der Waals surface area (Å²) >= 11 is 0. The number of rotatable bonds is 6. The number of piperidine rings is 1. The number of anilines is 1. The van der Waals surface area contributed by atoms with Crippen LogP contribution in [0.5, 0.6) is 0 Å². The number of H-pyrrole nitrogens is 1. The highest BCUT2D eigenvalue weighted by molar-refractivity contribution is 7.87. The third-order valence-electron chi connectivity index (χ3n) is 5.42. The Labute approximate surface area is 169 Å². The Bertz CT molecular complexity index is 1030. The molecule has 2 fully saturated rings. The second-order valence-corrected chi connectivity index (χ2v) is 9.34. The van der Waals surface area contributed by atoms with Crippen LogP contribution in [-0.4, -0.2) is 66.1 Å². The Balaban J connectivity index is 1.33. The number of aryl methyl sites for hydroxylation is 1. The largest absolute Gasteiger partial charge is 0.377 e. The van der Waals surface area contributed by atoms with Gasteiger partial charge in [0.15, 0.2) is 0 Å². The molecule has 2 aliphatic heterocycles. The fourth-order valence-electron chi connectivity index (χ4n) is 3.69. The smallest absolute Gasteiger partial charge is 0.279 e. The molecule has 3 N–H and O–H groups in total. The van der Waals surface area contributed by atoms with E-state index in [1.165, 1.54) is 4.31 Å². The van der Waals surface area contributed by atoms with Crippen molar-refractivity contribution in [3.63, 3.8) is 0 Å². The predicted octanol–water partition coefficient (Wildman–Crippen LogP) is 0.516. The van der Waals surface area contributed by atoms with Crippen LogP contribution >= 0.6 is 0 Å². The molecule has 0 radical (unpaired) electrons. The molecule has 1 atom stereocenters. The van der Waals surface area contributed by atoms with Gasteiger partial charge >= 0.3 is 0 Å². The molecule has 29 heavy (non-hydrogen) atoms. The average Bonchev–Trinajstić information content (AvgIpc) is 3.22. The maximum absolute atomic E-state index is 12.5.